The Kier molecular flexibility index (Phi) is 11.5. The minimum absolute atomic E-state index is 0.215. The monoisotopic (exact) mass is 691 g/mol. The number of hydrogen-bond acceptors (Lipinski definition) is 9. The zero-order valence-corrected chi connectivity index (χ0v) is 27.1. The quantitative estimate of drug-likeness (QED) is 0.105. The van der Waals surface area contributed by atoms with Crippen molar-refractivity contribution in [1.82, 2.24) is 16.1 Å². The third-order valence-corrected chi connectivity index (χ3v) is 7.28. The van der Waals surface area contributed by atoms with Crippen molar-refractivity contribution >= 4 is 51.4 Å². The number of carbonyl (C=O) groups is 2. The van der Waals surface area contributed by atoms with Crippen LogP contribution >= 0.6 is 28.1 Å². The van der Waals surface area contributed by atoms with Crippen LogP contribution in [0, 0.1) is 11.3 Å². The van der Waals surface area contributed by atoms with E-state index in [2.05, 4.69) is 43.2 Å². The normalized spacial score (nSPS) is 14.2. The van der Waals surface area contributed by atoms with E-state index in [9.17, 15) is 9.59 Å². The Morgan fingerprint density at radius 1 is 1.13 bits per heavy atom. The van der Waals surface area contributed by atoms with Crippen LogP contribution in [0.2, 0.25) is 0 Å². The van der Waals surface area contributed by atoms with Gasteiger partial charge in [0.2, 0.25) is 0 Å². The average Bonchev–Trinajstić information content (AvgIpc) is 3.03. The summed E-state index contributed by atoms with van der Waals surface area (Å²) in [6.45, 7) is 3.62. The molecule has 0 radical (unpaired) electrons. The molecule has 0 saturated carbocycles. The Morgan fingerprint density at radius 3 is 2.60 bits per heavy atom. The van der Waals surface area contributed by atoms with Crippen molar-refractivity contribution in [2.24, 2.45) is 5.10 Å². The first-order chi connectivity index (χ1) is 21.7. The highest BCUT2D eigenvalue weighted by Crippen LogP contribution is 2.37. The van der Waals surface area contributed by atoms with E-state index in [4.69, 9.17) is 36.4 Å². The molecule has 0 saturated heterocycles. The minimum Gasteiger partial charge on any atom is -0.493 e. The fourth-order valence-corrected chi connectivity index (χ4v) is 5.24. The van der Waals surface area contributed by atoms with E-state index in [0.29, 0.717) is 54.8 Å². The topological polar surface area (TPSA) is 143 Å². The van der Waals surface area contributed by atoms with Crippen molar-refractivity contribution in [3.05, 3.63) is 98.7 Å². The predicted octanol–water partition coefficient (Wildman–Crippen LogP) is 4.79. The summed E-state index contributed by atoms with van der Waals surface area (Å²) in [4.78, 5) is 25.4. The largest absolute Gasteiger partial charge is 0.493 e. The van der Waals surface area contributed by atoms with Crippen molar-refractivity contribution < 1.29 is 28.5 Å². The first-order valence-corrected chi connectivity index (χ1v) is 14.9. The van der Waals surface area contributed by atoms with Crippen molar-refractivity contribution in [2.45, 2.75) is 26.5 Å². The summed E-state index contributed by atoms with van der Waals surface area (Å²) in [7, 11) is 1.52. The molecular formula is C32H30BrN5O6S. The zero-order valence-electron chi connectivity index (χ0n) is 24.7. The standard InChI is InChI=1S/C32H30BrN5O6S/c1-4-42-31(40)28-19(2)36-32(45)37-29(28)23-7-5-6-8-25(23)43-18-27(39)38-35-16-22-13-24(33)30(26(14-22)41-3)44-17-21-11-9-20(15-34)10-12-21/h5-14,16,29H,4,17-18H2,1-3H3,(H,38,39)(H2,36,37,45)/t29-/m1/s1. The maximum absolute atomic E-state index is 12.8. The number of amides is 1. The van der Waals surface area contributed by atoms with Crippen LogP contribution in [-0.2, 0) is 20.9 Å². The lowest BCUT2D eigenvalue weighted by atomic mass is 9.95. The van der Waals surface area contributed by atoms with E-state index in [0.717, 1.165) is 5.56 Å². The molecule has 4 rings (SSSR count). The summed E-state index contributed by atoms with van der Waals surface area (Å²) < 4.78 is 23.2. The molecule has 0 spiro atoms. The zero-order chi connectivity index (χ0) is 32.3. The summed E-state index contributed by atoms with van der Waals surface area (Å²) in [5, 5.41) is 19.4. The summed E-state index contributed by atoms with van der Waals surface area (Å²) in [5.74, 6) is 0.358. The second-order valence-corrected chi connectivity index (χ2v) is 10.8. The number of ether oxygens (including phenoxy) is 4. The van der Waals surface area contributed by atoms with E-state index in [1.165, 1.54) is 13.3 Å². The number of nitrogens with one attached hydrogen (secondary N) is 3. The van der Waals surface area contributed by atoms with Gasteiger partial charge in [-0.25, -0.2) is 10.2 Å². The fraction of sp³-hybridized carbons (Fsp3) is 0.219. The van der Waals surface area contributed by atoms with Gasteiger partial charge in [-0.1, -0.05) is 30.3 Å². The number of hydrazone groups is 1. The van der Waals surface area contributed by atoms with Crippen molar-refractivity contribution in [2.75, 3.05) is 20.3 Å². The highest BCUT2D eigenvalue weighted by molar-refractivity contribution is 9.10. The second-order valence-electron chi connectivity index (χ2n) is 9.54. The Bertz CT molecular complexity index is 1690. The van der Waals surface area contributed by atoms with Crippen molar-refractivity contribution in [3.8, 4) is 23.3 Å². The molecule has 1 amide bonds. The van der Waals surface area contributed by atoms with E-state index in [1.807, 2.05) is 12.1 Å². The van der Waals surface area contributed by atoms with Crippen LogP contribution in [0.3, 0.4) is 0 Å². The van der Waals surface area contributed by atoms with E-state index < -0.39 is 17.9 Å². The van der Waals surface area contributed by atoms with Gasteiger partial charge in [0, 0.05) is 11.3 Å². The van der Waals surface area contributed by atoms with Crippen LogP contribution in [0.1, 0.15) is 42.1 Å². The smallest absolute Gasteiger partial charge is 0.338 e. The van der Waals surface area contributed by atoms with Crippen molar-refractivity contribution in [1.29, 1.82) is 5.26 Å². The van der Waals surface area contributed by atoms with E-state index >= 15 is 0 Å². The number of carbonyl (C=O) groups excluding carboxylic acids is 2. The molecule has 11 nitrogen and oxygen atoms in total. The van der Waals surface area contributed by atoms with Crippen LogP contribution in [0.25, 0.3) is 0 Å². The molecule has 0 fully saturated rings. The SMILES string of the molecule is CCOC(=O)C1=C(C)NC(=S)N[C@@H]1c1ccccc1OCC(=O)NN=Cc1cc(Br)c(OCc2ccc(C#N)cc2)c(OC)c1. The maximum Gasteiger partial charge on any atom is 0.338 e. The van der Waals surface area contributed by atoms with Crippen LogP contribution in [-0.4, -0.2) is 43.5 Å². The summed E-state index contributed by atoms with van der Waals surface area (Å²) in [6.07, 6.45) is 1.46. The molecule has 1 atom stereocenters. The van der Waals surface area contributed by atoms with Crippen molar-refractivity contribution in [3.63, 3.8) is 0 Å². The highest BCUT2D eigenvalue weighted by Gasteiger charge is 2.32. The summed E-state index contributed by atoms with van der Waals surface area (Å²) in [6, 6.07) is 19.1. The number of halogens is 1. The molecule has 0 aromatic heterocycles. The maximum atomic E-state index is 12.8. The Balaban J connectivity index is 1.39. The molecule has 13 heteroatoms. The minimum atomic E-state index is -0.639. The number of nitrogens with zero attached hydrogens (tertiary/aromatic N) is 2. The van der Waals surface area contributed by atoms with E-state index in [1.54, 1.807) is 62.4 Å². The average molecular weight is 693 g/mol. The third-order valence-electron chi connectivity index (χ3n) is 6.47. The molecule has 0 bridgehead atoms. The second kappa shape index (κ2) is 15.7. The lowest BCUT2D eigenvalue weighted by Crippen LogP contribution is -2.45. The van der Waals surface area contributed by atoms with Crippen LogP contribution < -0.4 is 30.3 Å². The van der Waals surface area contributed by atoms with Gasteiger partial charge in [-0.05, 0) is 83.5 Å². The third kappa shape index (κ3) is 8.59. The van der Waals surface area contributed by atoms with Gasteiger partial charge in [-0.2, -0.15) is 10.4 Å². The molecule has 1 aliphatic rings. The van der Waals surface area contributed by atoms with Gasteiger partial charge in [0.05, 0.1) is 47.7 Å². The molecule has 1 heterocycles. The predicted molar refractivity (Wildman–Crippen MR) is 175 cm³/mol. The number of para-hydroxylation sites is 1. The number of nitriles is 1. The number of hydrogen-bond donors (Lipinski definition) is 3. The molecular weight excluding hydrogens is 662 g/mol. The number of thiocarbonyl (C=S) groups is 1. The Hall–Kier alpha value is -4.93. The number of methoxy groups -OCH3 is 1. The fourth-order valence-electron chi connectivity index (χ4n) is 4.40. The number of esters is 1. The van der Waals surface area contributed by atoms with Gasteiger partial charge < -0.3 is 29.6 Å². The molecule has 3 aromatic rings. The van der Waals surface area contributed by atoms with Gasteiger partial charge in [0.15, 0.2) is 23.2 Å². The number of rotatable bonds is 12. The van der Waals surface area contributed by atoms with Gasteiger partial charge in [-0.3, -0.25) is 4.79 Å². The molecule has 3 aromatic carbocycles. The van der Waals surface area contributed by atoms with Gasteiger partial charge >= 0.3 is 5.97 Å². The molecule has 1 aliphatic heterocycles. The Morgan fingerprint density at radius 2 is 1.89 bits per heavy atom. The van der Waals surface area contributed by atoms with E-state index in [-0.39, 0.29) is 19.8 Å². The first-order valence-electron chi connectivity index (χ1n) is 13.7. The number of allylic oxidation sites excluding steroid dienone is 1. The van der Waals surface area contributed by atoms with Crippen LogP contribution in [0.15, 0.2) is 81.5 Å². The molecule has 232 valence electrons. The molecule has 0 unspecified atom stereocenters. The van der Waals surface area contributed by atoms with Gasteiger partial charge in [-0.15, -0.1) is 0 Å². The lowest BCUT2D eigenvalue weighted by Gasteiger charge is -2.30. The number of benzene rings is 3. The first kappa shape index (κ1) is 33.0. The van der Waals surface area contributed by atoms with Gasteiger partial charge in [0.25, 0.3) is 5.91 Å². The molecule has 45 heavy (non-hydrogen) atoms. The van der Waals surface area contributed by atoms with Gasteiger partial charge in [0.1, 0.15) is 12.4 Å². The summed E-state index contributed by atoms with van der Waals surface area (Å²) in [5.41, 5.74) is 6.09. The van der Waals surface area contributed by atoms with Crippen LogP contribution in [0.4, 0.5) is 0 Å². The molecule has 3 N–H and O–H groups in total. The molecule has 0 aliphatic carbocycles. The van der Waals surface area contributed by atoms with Crippen LogP contribution in [0.5, 0.6) is 17.2 Å². The highest BCUT2D eigenvalue weighted by atomic mass is 79.9. The lowest BCUT2D eigenvalue weighted by molar-refractivity contribution is -0.139. The Labute approximate surface area is 274 Å². The summed E-state index contributed by atoms with van der Waals surface area (Å²) >= 11 is 8.83.